The predicted octanol–water partition coefficient (Wildman–Crippen LogP) is 2.38. The normalized spacial score (nSPS) is 24.3. The fourth-order valence-electron chi connectivity index (χ4n) is 2.59. The minimum Gasteiger partial charge on any atom is -0.348 e. The largest absolute Gasteiger partial charge is 0.348 e. The molecule has 3 heteroatoms. The molecular formula is C15H22N2O. The van der Waals surface area contributed by atoms with Gasteiger partial charge in [0.25, 0.3) is 5.91 Å². The Bertz CT molecular complexity index is 417. The van der Waals surface area contributed by atoms with Gasteiger partial charge in [0, 0.05) is 17.6 Å². The highest BCUT2D eigenvalue weighted by Gasteiger charge is 2.22. The van der Waals surface area contributed by atoms with E-state index in [-0.39, 0.29) is 18.0 Å². The van der Waals surface area contributed by atoms with E-state index < -0.39 is 0 Å². The van der Waals surface area contributed by atoms with Crippen LogP contribution >= 0.6 is 0 Å². The molecule has 2 atom stereocenters. The number of carbonyl (C=O) groups excluding carboxylic acids is 1. The Kier molecular flexibility index (Phi) is 4.37. The van der Waals surface area contributed by atoms with Crippen LogP contribution in [0.3, 0.4) is 0 Å². The molecule has 0 saturated heterocycles. The molecule has 0 bridgehead atoms. The molecular weight excluding hydrogens is 224 g/mol. The van der Waals surface area contributed by atoms with Crippen LogP contribution in [0.4, 0.5) is 0 Å². The molecule has 0 aromatic heterocycles. The molecule has 1 aliphatic carbocycles. The first kappa shape index (κ1) is 13.1. The first-order chi connectivity index (χ1) is 8.68. The highest BCUT2D eigenvalue weighted by atomic mass is 16.1. The SMILES string of the molecule is Cc1ccccc1C(=O)NC1CCCCCC1N. The van der Waals surface area contributed by atoms with Crippen LogP contribution in [-0.2, 0) is 0 Å². The second-order valence-corrected chi connectivity index (χ2v) is 5.20. The number of benzene rings is 1. The lowest BCUT2D eigenvalue weighted by Gasteiger charge is -2.23. The molecule has 0 heterocycles. The summed E-state index contributed by atoms with van der Waals surface area (Å²) in [5.74, 6) is 0.00968. The average molecular weight is 246 g/mol. The van der Waals surface area contributed by atoms with E-state index >= 15 is 0 Å². The van der Waals surface area contributed by atoms with Crippen molar-refractivity contribution in [1.29, 1.82) is 0 Å². The monoisotopic (exact) mass is 246 g/mol. The van der Waals surface area contributed by atoms with Crippen LogP contribution in [0.5, 0.6) is 0 Å². The lowest BCUT2D eigenvalue weighted by molar-refractivity contribution is 0.0928. The summed E-state index contributed by atoms with van der Waals surface area (Å²) in [5, 5.41) is 3.10. The minimum atomic E-state index is 0.00968. The standard InChI is InChI=1S/C15H22N2O/c1-11-7-5-6-8-12(11)15(18)17-14-10-4-2-3-9-13(14)16/h5-8,13-14H,2-4,9-10,16H2,1H3,(H,17,18). The fourth-order valence-corrected chi connectivity index (χ4v) is 2.59. The zero-order valence-electron chi connectivity index (χ0n) is 11.0. The van der Waals surface area contributed by atoms with Gasteiger partial charge in [-0.3, -0.25) is 4.79 Å². The van der Waals surface area contributed by atoms with E-state index in [0.717, 1.165) is 30.4 Å². The molecule has 2 rings (SSSR count). The van der Waals surface area contributed by atoms with Crippen LogP contribution < -0.4 is 11.1 Å². The molecule has 0 radical (unpaired) electrons. The third kappa shape index (κ3) is 3.10. The topological polar surface area (TPSA) is 55.1 Å². The van der Waals surface area contributed by atoms with Gasteiger partial charge in [0.2, 0.25) is 0 Å². The molecule has 1 aliphatic rings. The third-order valence-electron chi connectivity index (χ3n) is 3.78. The van der Waals surface area contributed by atoms with Gasteiger partial charge in [0.1, 0.15) is 0 Å². The minimum absolute atomic E-state index is 0.00968. The van der Waals surface area contributed by atoms with Crippen molar-refractivity contribution in [2.24, 2.45) is 5.73 Å². The number of hydrogen-bond donors (Lipinski definition) is 2. The Morgan fingerprint density at radius 2 is 1.94 bits per heavy atom. The van der Waals surface area contributed by atoms with Crippen molar-refractivity contribution < 1.29 is 4.79 Å². The van der Waals surface area contributed by atoms with E-state index in [1.165, 1.54) is 12.8 Å². The number of hydrogen-bond acceptors (Lipinski definition) is 2. The van der Waals surface area contributed by atoms with E-state index in [2.05, 4.69) is 5.32 Å². The van der Waals surface area contributed by atoms with Crippen LogP contribution in [0.2, 0.25) is 0 Å². The number of carbonyl (C=O) groups is 1. The van der Waals surface area contributed by atoms with Crippen molar-refractivity contribution in [2.45, 2.75) is 51.1 Å². The van der Waals surface area contributed by atoms with Gasteiger partial charge in [0.15, 0.2) is 0 Å². The van der Waals surface area contributed by atoms with E-state index in [0.29, 0.717) is 0 Å². The summed E-state index contributed by atoms with van der Waals surface area (Å²) in [4.78, 5) is 12.2. The molecule has 0 aliphatic heterocycles. The molecule has 1 fully saturated rings. The van der Waals surface area contributed by atoms with Crippen molar-refractivity contribution in [3.8, 4) is 0 Å². The quantitative estimate of drug-likeness (QED) is 0.787. The van der Waals surface area contributed by atoms with Crippen molar-refractivity contribution >= 4 is 5.91 Å². The van der Waals surface area contributed by atoms with Gasteiger partial charge in [-0.05, 0) is 31.4 Å². The zero-order valence-corrected chi connectivity index (χ0v) is 11.0. The third-order valence-corrected chi connectivity index (χ3v) is 3.78. The summed E-state index contributed by atoms with van der Waals surface area (Å²) in [7, 11) is 0. The number of nitrogens with two attached hydrogens (primary N) is 1. The average Bonchev–Trinajstić information content (AvgIpc) is 2.55. The summed E-state index contributed by atoms with van der Waals surface area (Å²) in [6.07, 6.45) is 5.58. The fraction of sp³-hybridized carbons (Fsp3) is 0.533. The maximum absolute atomic E-state index is 12.2. The molecule has 1 aromatic rings. The van der Waals surface area contributed by atoms with Crippen LogP contribution in [0.25, 0.3) is 0 Å². The Morgan fingerprint density at radius 1 is 1.22 bits per heavy atom. The maximum Gasteiger partial charge on any atom is 0.251 e. The highest BCUT2D eigenvalue weighted by molar-refractivity contribution is 5.95. The first-order valence-electron chi connectivity index (χ1n) is 6.80. The van der Waals surface area contributed by atoms with Gasteiger partial charge < -0.3 is 11.1 Å². The van der Waals surface area contributed by atoms with Gasteiger partial charge in [-0.2, -0.15) is 0 Å². The second-order valence-electron chi connectivity index (χ2n) is 5.20. The van der Waals surface area contributed by atoms with E-state index in [9.17, 15) is 4.79 Å². The molecule has 18 heavy (non-hydrogen) atoms. The summed E-state index contributed by atoms with van der Waals surface area (Å²) in [6, 6.07) is 7.90. The highest BCUT2D eigenvalue weighted by Crippen LogP contribution is 2.17. The Labute approximate surface area is 109 Å². The number of aryl methyl sites for hydroxylation is 1. The van der Waals surface area contributed by atoms with Gasteiger partial charge >= 0.3 is 0 Å². The zero-order chi connectivity index (χ0) is 13.0. The van der Waals surface area contributed by atoms with Crippen molar-refractivity contribution in [3.63, 3.8) is 0 Å². The van der Waals surface area contributed by atoms with E-state index in [1.807, 2.05) is 31.2 Å². The van der Waals surface area contributed by atoms with Crippen LogP contribution in [-0.4, -0.2) is 18.0 Å². The van der Waals surface area contributed by atoms with Crippen LogP contribution in [0, 0.1) is 6.92 Å². The Balaban J connectivity index is 2.04. The van der Waals surface area contributed by atoms with Gasteiger partial charge in [-0.15, -0.1) is 0 Å². The lowest BCUT2D eigenvalue weighted by atomic mass is 10.0. The summed E-state index contributed by atoms with van der Waals surface area (Å²) in [5.41, 5.74) is 7.90. The number of amides is 1. The Morgan fingerprint density at radius 3 is 2.72 bits per heavy atom. The van der Waals surface area contributed by atoms with Crippen molar-refractivity contribution in [1.82, 2.24) is 5.32 Å². The predicted molar refractivity (Wildman–Crippen MR) is 73.5 cm³/mol. The molecule has 2 unspecified atom stereocenters. The smallest absolute Gasteiger partial charge is 0.251 e. The molecule has 98 valence electrons. The molecule has 3 N–H and O–H groups in total. The molecule has 1 aromatic carbocycles. The summed E-state index contributed by atoms with van der Waals surface area (Å²) >= 11 is 0. The number of rotatable bonds is 2. The van der Waals surface area contributed by atoms with E-state index in [4.69, 9.17) is 5.73 Å². The van der Waals surface area contributed by atoms with Crippen molar-refractivity contribution in [2.75, 3.05) is 0 Å². The second kappa shape index (κ2) is 6.01. The maximum atomic E-state index is 12.2. The molecule has 1 amide bonds. The molecule has 1 saturated carbocycles. The molecule has 0 spiro atoms. The van der Waals surface area contributed by atoms with Crippen molar-refractivity contribution in [3.05, 3.63) is 35.4 Å². The summed E-state index contributed by atoms with van der Waals surface area (Å²) < 4.78 is 0. The van der Waals surface area contributed by atoms with Gasteiger partial charge in [-0.1, -0.05) is 37.5 Å². The molecule has 3 nitrogen and oxygen atoms in total. The van der Waals surface area contributed by atoms with Crippen LogP contribution in [0.15, 0.2) is 24.3 Å². The lowest BCUT2D eigenvalue weighted by Crippen LogP contribution is -2.47. The number of nitrogens with one attached hydrogen (secondary N) is 1. The first-order valence-corrected chi connectivity index (χ1v) is 6.80. The van der Waals surface area contributed by atoms with Gasteiger partial charge in [0.05, 0.1) is 0 Å². The van der Waals surface area contributed by atoms with Gasteiger partial charge in [-0.25, -0.2) is 0 Å². The van der Waals surface area contributed by atoms with E-state index in [1.54, 1.807) is 0 Å². The Hall–Kier alpha value is -1.35. The van der Waals surface area contributed by atoms with Crippen LogP contribution in [0.1, 0.15) is 48.0 Å². The summed E-state index contributed by atoms with van der Waals surface area (Å²) in [6.45, 7) is 1.96.